The minimum atomic E-state index is -0.359. The number of nitrogens with one attached hydrogen (secondary N) is 1. The van der Waals surface area contributed by atoms with Crippen molar-refractivity contribution in [2.75, 3.05) is 12.4 Å². The van der Waals surface area contributed by atoms with E-state index in [1.54, 1.807) is 91.5 Å². The lowest BCUT2D eigenvalue weighted by Gasteiger charge is -2.18. The Hall–Kier alpha value is -3.90. The van der Waals surface area contributed by atoms with E-state index in [-0.39, 0.29) is 22.8 Å². The first-order valence-corrected chi connectivity index (χ1v) is 10.3. The monoisotopic (exact) mass is 445 g/mol. The number of ether oxygens (including phenoxy) is 1. The smallest absolute Gasteiger partial charge is 0.256 e. The summed E-state index contributed by atoms with van der Waals surface area (Å²) in [4.78, 5) is 26.3. The molecule has 3 aromatic carbocycles. The number of amides is 1. The molecule has 0 bridgehead atoms. The van der Waals surface area contributed by atoms with E-state index < -0.39 is 0 Å². The highest BCUT2D eigenvalue weighted by molar-refractivity contribution is 6.30. The van der Waals surface area contributed by atoms with E-state index in [9.17, 15) is 9.59 Å². The van der Waals surface area contributed by atoms with Gasteiger partial charge in [-0.2, -0.15) is 5.10 Å². The first-order valence-electron chi connectivity index (χ1n) is 9.88. The average molecular weight is 446 g/mol. The summed E-state index contributed by atoms with van der Waals surface area (Å²) < 4.78 is 6.88. The van der Waals surface area contributed by atoms with Crippen LogP contribution in [0.4, 0.5) is 5.82 Å². The van der Waals surface area contributed by atoms with E-state index in [0.29, 0.717) is 33.1 Å². The SMILES string of the molecule is COc1cccc(-c2c(NC(=O)c3ccccc3)n(-c3ccc(Cl)cc3)nc(C)c2=O)c1. The van der Waals surface area contributed by atoms with Crippen molar-refractivity contribution < 1.29 is 9.53 Å². The van der Waals surface area contributed by atoms with Gasteiger partial charge in [0.2, 0.25) is 5.43 Å². The summed E-state index contributed by atoms with van der Waals surface area (Å²) in [5.41, 5.74) is 2.02. The number of aromatic nitrogens is 2. The molecule has 0 saturated carbocycles. The number of nitrogens with zero attached hydrogens (tertiary/aromatic N) is 2. The Morgan fingerprint density at radius 3 is 2.41 bits per heavy atom. The number of aryl methyl sites for hydroxylation is 1. The molecule has 7 heteroatoms. The Bertz CT molecular complexity index is 1330. The summed E-state index contributed by atoms with van der Waals surface area (Å²) in [7, 11) is 1.56. The normalized spacial score (nSPS) is 10.6. The summed E-state index contributed by atoms with van der Waals surface area (Å²) in [6.07, 6.45) is 0. The molecule has 4 rings (SSSR count). The summed E-state index contributed by atoms with van der Waals surface area (Å²) in [6.45, 7) is 1.64. The molecule has 4 aromatic rings. The number of hydrogen-bond donors (Lipinski definition) is 1. The number of benzene rings is 3. The average Bonchev–Trinajstić information content (AvgIpc) is 2.82. The molecule has 1 aromatic heterocycles. The Balaban J connectivity index is 1.97. The molecule has 1 heterocycles. The molecule has 6 nitrogen and oxygen atoms in total. The minimum absolute atomic E-state index is 0.255. The molecule has 1 N–H and O–H groups in total. The number of rotatable bonds is 5. The maximum Gasteiger partial charge on any atom is 0.256 e. The number of carbonyl (C=O) groups excluding carboxylic acids is 1. The van der Waals surface area contributed by atoms with E-state index in [1.807, 2.05) is 6.07 Å². The van der Waals surface area contributed by atoms with Crippen LogP contribution in [0.15, 0.2) is 83.7 Å². The first-order chi connectivity index (χ1) is 15.5. The lowest BCUT2D eigenvalue weighted by atomic mass is 10.0. The van der Waals surface area contributed by atoms with Crippen LogP contribution >= 0.6 is 11.6 Å². The van der Waals surface area contributed by atoms with Crippen LogP contribution < -0.4 is 15.5 Å². The van der Waals surface area contributed by atoms with Gasteiger partial charge in [0.05, 0.1) is 18.4 Å². The Morgan fingerprint density at radius 2 is 1.72 bits per heavy atom. The number of halogens is 1. The molecule has 0 aliphatic heterocycles. The number of methoxy groups -OCH3 is 1. The molecule has 0 aliphatic rings. The molecule has 0 aliphatic carbocycles. The van der Waals surface area contributed by atoms with Gasteiger partial charge in [0.25, 0.3) is 5.91 Å². The highest BCUT2D eigenvalue weighted by Gasteiger charge is 2.21. The largest absolute Gasteiger partial charge is 0.497 e. The van der Waals surface area contributed by atoms with Crippen molar-refractivity contribution in [2.45, 2.75) is 6.92 Å². The maximum atomic E-state index is 13.3. The van der Waals surface area contributed by atoms with E-state index >= 15 is 0 Å². The Morgan fingerprint density at radius 1 is 1.00 bits per heavy atom. The molecule has 1 amide bonds. The molecule has 0 saturated heterocycles. The van der Waals surface area contributed by atoms with E-state index in [2.05, 4.69) is 10.4 Å². The van der Waals surface area contributed by atoms with E-state index in [0.717, 1.165) is 0 Å². The van der Waals surface area contributed by atoms with Crippen LogP contribution in [0.25, 0.3) is 16.8 Å². The molecule has 0 atom stereocenters. The van der Waals surface area contributed by atoms with Crippen molar-refractivity contribution in [3.8, 4) is 22.6 Å². The van der Waals surface area contributed by atoms with Crippen LogP contribution in [0.5, 0.6) is 5.75 Å². The van der Waals surface area contributed by atoms with Crippen molar-refractivity contribution in [1.82, 2.24) is 9.78 Å². The summed E-state index contributed by atoms with van der Waals surface area (Å²) in [6, 6.07) is 22.9. The van der Waals surface area contributed by atoms with Crippen molar-refractivity contribution in [2.24, 2.45) is 0 Å². The van der Waals surface area contributed by atoms with Gasteiger partial charge >= 0.3 is 0 Å². The topological polar surface area (TPSA) is 73.2 Å². The highest BCUT2D eigenvalue weighted by Crippen LogP contribution is 2.30. The number of hydrogen-bond acceptors (Lipinski definition) is 4. The fourth-order valence-corrected chi connectivity index (χ4v) is 3.47. The predicted molar refractivity (Wildman–Crippen MR) is 126 cm³/mol. The van der Waals surface area contributed by atoms with Crippen molar-refractivity contribution in [1.29, 1.82) is 0 Å². The van der Waals surface area contributed by atoms with E-state index in [4.69, 9.17) is 16.3 Å². The van der Waals surface area contributed by atoms with Gasteiger partial charge in [0.1, 0.15) is 17.3 Å². The second kappa shape index (κ2) is 9.08. The van der Waals surface area contributed by atoms with Crippen LogP contribution in [0, 0.1) is 6.92 Å². The Labute approximate surface area is 190 Å². The fourth-order valence-electron chi connectivity index (χ4n) is 3.34. The van der Waals surface area contributed by atoms with Gasteiger partial charge in [-0.1, -0.05) is 41.9 Å². The third-order valence-corrected chi connectivity index (χ3v) is 5.20. The molecule has 32 heavy (non-hydrogen) atoms. The van der Waals surface area contributed by atoms with Crippen LogP contribution in [-0.4, -0.2) is 22.8 Å². The highest BCUT2D eigenvalue weighted by atomic mass is 35.5. The van der Waals surface area contributed by atoms with Gasteiger partial charge in [-0.3, -0.25) is 9.59 Å². The van der Waals surface area contributed by atoms with Gasteiger partial charge in [-0.15, -0.1) is 0 Å². The van der Waals surface area contributed by atoms with Crippen molar-refractivity contribution >= 4 is 23.3 Å². The lowest BCUT2D eigenvalue weighted by Crippen LogP contribution is -2.24. The van der Waals surface area contributed by atoms with Crippen LogP contribution in [-0.2, 0) is 0 Å². The van der Waals surface area contributed by atoms with Gasteiger partial charge in [0, 0.05) is 10.6 Å². The standard InChI is InChI=1S/C25H20ClN3O3/c1-16-23(30)22(18-9-6-10-21(15-18)32-2)24(27-25(31)17-7-4-3-5-8-17)29(28-16)20-13-11-19(26)12-14-20/h3-15H,1-2H3,(H,27,31). The maximum absolute atomic E-state index is 13.3. The first kappa shape index (κ1) is 21.3. The molecule has 0 radical (unpaired) electrons. The lowest BCUT2D eigenvalue weighted by molar-refractivity contribution is 0.102. The second-order valence-electron chi connectivity index (χ2n) is 7.08. The van der Waals surface area contributed by atoms with Gasteiger partial charge in [-0.05, 0) is 61.0 Å². The van der Waals surface area contributed by atoms with Crippen molar-refractivity contribution in [3.05, 3.63) is 105 Å². The third kappa shape index (κ3) is 4.26. The molecule has 0 unspecified atom stereocenters. The summed E-state index contributed by atoms with van der Waals surface area (Å²) in [5.74, 6) is 0.488. The zero-order valence-electron chi connectivity index (χ0n) is 17.5. The van der Waals surface area contributed by atoms with Crippen LogP contribution in [0.1, 0.15) is 16.1 Å². The van der Waals surface area contributed by atoms with Crippen LogP contribution in [0.2, 0.25) is 5.02 Å². The zero-order valence-corrected chi connectivity index (χ0v) is 18.3. The fraction of sp³-hybridized carbons (Fsp3) is 0.0800. The van der Waals surface area contributed by atoms with Gasteiger partial charge < -0.3 is 10.1 Å². The second-order valence-corrected chi connectivity index (χ2v) is 7.51. The number of carbonyl (C=O) groups is 1. The molecule has 0 spiro atoms. The molecular formula is C25H20ClN3O3. The van der Waals surface area contributed by atoms with E-state index in [1.165, 1.54) is 0 Å². The minimum Gasteiger partial charge on any atom is -0.497 e. The summed E-state index contributed by atoms with van der Waals surface area (Å²) >= 11 is 6.06. The molecule has 0 fully saturated rings. The third-order valence-electron chi connectivity index (χ3n) is 4.95. The van der Waals surface area contributed by atoms with Crippen LogP contribution in [0.3, 0.4) is 0 Å². The summed E-state index contributed by atoms with van der Waals surface area (Å²) in [5, 5.41) is 7.93. The van der Waals surface area contributed by atoms with Crippen molar-refractivity contribution in [3.63, 3.8) is 0 Å². The van der Waals surface area contributed by atoms with Gasteiger partial charge in [0.15, 0.2) is 0 Å². The molecule has 160 valence electrons. The Kier molecular flexibility index (Phi) is 6.05. The molecular weight excluding hydrogens is 426 g/mol. The quantitative estimate of drug-likeness (QED) is 0.462. The van der Waals surface area contributed by atoms with Gasteiger partial charge in [-0.25, -0.2) is 4.68 Å². The predicted octanol–water partition coefficient (Wildman–Crippen LogP) is 5.12. The number of anilines is 1. The zero-order chi connectivity index (χ0) is 22.7.